The van der Waals surface area contributed by atoms with Crippen molar-refractivity contribution < 1.29 is 9.59 Å². The molecule has 0 saturated carbocycles. The summed E-state index contributed by atoms with van der Waals surface area (Å²) >= 11 is 0. The Bertz CT molecular complexity index is 853. The number of carbonyl (C=O) groups excluding carboxylic acids is 2. The van der Waals surface area contributed by atoms with E-state index in [4.69, 9.17) is 0 Å². The van der Waals surface area contributed by atoms with Gasteiger partial charge in [0.2, 0.25) is 11.8 Å². The summed E-state index contributed by atoms with van der Waals surface area (Å²) in [6.07, 6.45) is 4.07. The quantitative estimate of drug-likeness (QED) is 0.869. The summed E-state index contributed by atoms with van der Waals surface area (Å²) in [6, 6.07) is 7.54. The van der Waals surface area contributed by atoms with E-state index in [9.17, 15) is 9.59 Å². The number of hydrogen-bond donors (Lipinski definition) is 1. The van der Waals surface area contributed by atoms with Gasteiger partial charge in [-0.2, -0.15) is 0 Å². The summed E-state index contributed by atoms with van der Waals surface area (Å²) in [5.74, 6) is 0.202. The number of aromatic nitrogens is 2. The molecule has 4 rings (SSSR count). The third-order valence-corrected chi connectivity index (χ3v) is 6.27. The molecule has 1 aromatic heterocycles. The lowest BCUT2D eigenvalue weighted by Crippen LogP contribution is -2.61. The van der Waals surface area contributed by atoms with Gasteiger partial charge in [0.1, 0.15) is 11.6 Å². The number of hydrogen-bond acceptors (Lipinski definition) is 4. The lowest BCUT2D eigenvalue weighted by atomic mass is 9.85. The Morgan fingerprint density at radius 2 is 1.96 bits per heavy atom. The number of carbonyl (C=O) groups is 2. The molecule has 2 amide bonds. The van der Waals surface area contributed by atoms with Crippen LogP contribution in [0.3, 0.4) is 0 Å². The molecule has 0 bridgehead atoms. The van der Waals surface area contributed by atoms with Crippen LogP contribution >= 0.6 is 0 Å². The molecule has 1 unspecified atom stereocenters. The van der Waals surface area contributed by atoms with Crippen molar-refractivity contribution in [1.29, 1.82) is 0 Å². The number of imidazole rings is 1. The molecule has 2 aliphatic heterocycles. The van der Waals surface area contributed by atoms with Gasteiger partial charge in [0.15, 0.2) is 0 Å². The molecule has 0 radical (unpaired) electrons. The summed E-state index contributed by atoms with van der Waals surface area (Å²) in [7, 11) is 2.03. The SMILES string of the molecule is CC(C(=O)N1CCC2(CC1)C(=O)NCCCN2C)n1cnc2ccccc21. The molecule has 27 heavy (non-hydrogen) atoms. The van der Waals surface area contributed by atoms with Gasteiger partial charge in [0, 0.05) is 26.2 Å². The maximum absolute atomic E-state index is 13.1. The Morgan fingerprint density at radius 3 is 2.74 bits per heavy atom. The highest BCUT2D eigenvalue weighted by molar-refractivity contribution is 5.88. The number of benzene rings is 1. The van der Waals surface area contributed by atoms with Gasteiger partial charge < -0.3 is 14.8 Å². The molecule has 2 aliphatic rings. The maximum Gasteiger partial charge on any atom is 0.245 e. The highest BCUT2D eigenvalue weighted by Crippen LogP contribution is 2.31. The molecular weight excluding hydrogens is 342 g/mol. The van der Waals surface area contributed by atoms with Crippen LogP contribution in [0.5, 0.6) is 0 Å². The van der Waals surface area contributed by atoms with Crippen LogP contribution in [0.2, 0.25) is 0 Å². The fourth-order valence-corrected chi connectivity index (χ4v) is 4.45. The van der Waals surface area contributed by atoms with Gasteiger partial charge in [0.25, 0.3) is 0 Å². The summed E-state index contributed by atoms with van der Waals surface area (Å²) in [5.41, 5.74) is 1.39. The van der Waals surface area contributed by atoms with Crippen LogP contribution in [0, 0.1) is 0 Å². The topological polar surface area (TPSA) is 70.5 Å². The molecule has 1 spiro atoms. The van der Waals surface area contributed by atoms with Crippen LogP contribution in [0.1, 0.15) is 32.2 Å². The first-order valence-corrected chi connectivity index (χ1v) is 9.73. The smallest absolute Gasteiger partial charge is 0.245 e. The number of nitrogens with zero attached hydrogens (tertiary/aromatic N) is 4. The van der Waals surface area contributed by atoms with Crippen molar-refractivity contribution in [3.8, 4) is 0 Å². The standard InChI is InChI=1S/C20H27N5O2/c1-15(25-14-22-16-6-3-4-7-17(16)25)18(26)24-12-8-20(9-13-24)19(27)21-10-5-11-23(20)2/h3-4,6-7,14-15H,5,8-13H2,1-2H3,(H,21,27). The lowest BCUT2D eigenvalue weighted by molar-refractivity contribution is -0.143. The van der Waals surface area contributed by atoms with Crippen molar-refractivity contribution in [2.45, 2.75) is 37.8 Å². The zero-order chi connectivity index (χ0) is 19.0. The molecular formula is C20H27N5O2. The monoisotopic (exact) mass is 369 g/mol. The fraction of sp³-hybridized carbons (Fsp3) is 0.550. The average Bonchev–Trinajstić information content (AvgIpc) is 3.08. The second kappa shape index (κ2) is 6.96. The zero-order valence-corrected chi connectivity index (χ0v) is 16.0. The average molecular weight is 369 g/mol. The number of likely N-dealkylation sites (N-methyl/N-ethyl adjacent to an activating group) is 1. The number of fused-ring (bicyclic) bond motifs is 1. The highest BCUT2D eigenvalue weighted by atomic mass is 16.2. The second-order valence-corrected chi connectivity index (χ2v) is 7.70. The van der Waals surface area contributed by atoms with E-state index in [0.717, 1.165) is 30.5 Å². The van der Waals surface area contributed by atoms with Crippen molar-refractivity contribution >= 4 is 22.8 Å². The first-order chi connectivity index (χ1) is 13.0. The maximum atomic E-state index is 13.1. The van der Waals surface area contributed by atoms with Crippen molar-refractivity contribution in [2.75, 3.05) is 33.2 Å². The van der Waals surface area contributed by atoms with Crippen molar-refractivity contribution in [2.24, 2.45) is 0 Å². The molecule has 7 heteroatoms. The Labute approximate surface area is 159 Å². The normalized spacial score (nSPS) is 21.9. The van der Waals surface area contributed by atoms with Gasteiger partial charge in [-0.3, -0.25) is 14.5 Å². The Kier molecular flexibility index (Phi) is 4.63. The first-order valence-electron chi connectivity index (χ1n) is 9.73. The zero-order valence-electron chi connectivity index (χ0n) is 16.0. The molecule has 2 aromatic rings. The third-order valence-electron chi connectivity index (χ3n) is 6.27. The molecule has 1 atom stereocenters. The van der Waals surface area contributed by atoms with Crippen molar-refractivity contribution in [3.63, 3.8) is 0 Å². The van der Waals surface area contributed by atoms with Gasteiger partial charge in [0.05, 0.1) is 17.4 Å². The predicted octanol–water partition coefficient (Wildman–Crippen LogP) is 1.41. The number of rotatable bonds is 2. The van der Waals surface area contributed by atoms with Gasteiger partial charge in [-0.15, -0.1) is 0 Å². The number of para-hydroxylation sites is 2. The van der Waals surface area contributed by atoms with Crippen molar-refractivity contribution in [3.05, 3.63) is 30.6 Å². The molecule has 144 valence electrons. The summed E-state index contributed by atoms with van der Waals surface area (Å²) in [5, 5.41) is 3.05. The lowest BCUT2D eigenvalue weighted by Gasteiger charge is -2.45. The highest BCUT2D eigenvalue weighted by Gasteiger charge is 2.46. The molecule has 2 fully saturated rings. The van der Waals surface area contributed by atoms with Gasteiger partial charge >= 0.3 is 0 Å². The molecule has 7 nitrogen and oxygen atoms in total. The van der Waals surface area contributed by atoms with E-state index in [1.165, 1.54) is 0 Å². The molecule has 2 saturated heterocycles. The molecule has 1 aromatic carbocycles. The number of nitrogens with one attached hydrogen (secondary N) is 1. The van der Waals surface area contributed by atoms with E-state index in [1.54, 1.807) is 6.33 Å². The minimum Gasteiger partial charge on any atom is -0.354 e. The third kappa shape index (κ3) is 3.00. The predicted molar refractivity (Wildman–Crippen MR) is 103 cm³/mol. The van der Waals surface area contributed by atoms with Crippen LogP contribution in [-0.2, 0) is 9.59 Å². The Balaban J connectivity index is 1.49. The van der Waals surface area contributed by atoms with E-state index in [2.05, 4.69) is 15.2 Å². The largest absolute Gasteiger partial charge is 0.354 e. The fourth-order valence-electron chi connectivity index (χ4n) is 4.45. The minimum atomic E-state index is -0.474. The van der Waals surface area contributed by atoms with Crippen LogP contribution < -0.4 is 5.32 Å². The van der Waals surface area contributed by atoms with E-state index in [0.29, 0.717) is 25.9 Å². The minimum absolute atomic E-state index is 0.0877. The van der Waals surface area contributed by atoms with E-state index < -0.39 is 5.54 Å². The number of piperidine rings is 1. The second-order valence-electron chi connectivity index (χ2n) is 7.70. The number of amides is 2. The summed E-state index contributed by atoms with van der Waals surface area (Å²) < 4.78 is 1.94. The van der Waals surface area contributed by atoms with E-state index in [-0.39, 0.29) is 17.9 Å². The van der Waals surface area contributed by atoms with Crippen LogP contribution in [0.4, 0.5) is 0 Å². The summed E-state index contributed by atoms with van der Waals surface area (Å²) in [4.78, 5) is 34.3. The van der Waals surface area contributed by atoms with E-state index >= 15 is 0 Å². The van der Waals surface area contributed by atoms with Crippen LogP contribution in [-0.4, -0.2) is 69.9 Å². The molecule has 1 N–H and O–H groups in total. The van der Waals surface area contributed by atoms with E-state index in [1.807, 2.05) is 47.7 Å². The van der Waals surface area contributed by atoms with Gasteiger partial charge in [-0.05, 0) is 45.4 Å². The first kappa shape index (κ1) is 18.0. The van der Waals surface area contributed by atoms with Crippen LogP contribution in [0.15, 0.2) is 30.6 Å². The summed E-state index contributed by atoms with van der Waals surface area (Å²) in [6.45, 7) is 4.77. The van der Waals surface area contributed by atoms with Crippen molar-refractivity contribution in [1.82, 2.24) is 24.7 Å². The molecule has 3 heterocycles. The van der Waals surface area contributed by atoms with Gasteiger partial charge in [-0.25, -0.2) is 4.98 Å². The number of likely N-dealkylation sites (tertiary alicyclic amines) is 1. The Hall–Kier alpha value is -2.41. The van der Waals surface area contributed by atoms with Gasteiger partial charge in [-0.1, -0.05) is 12.1 Å². The van der Waals surface area contributed by atoms with Crippen LogP contribution in [0.25, 0.3) is 11.0 Å². The Morgan fingerprint density at radius 1 is 1.22 bits per heavy atom. The molecule has 0 aliphatic carbocycles.